The van der Waals surface area contributed by atoms with Crippen molar-refractivity contribution < 1.29 is 4.74 Å². The highest BCUT2D eigenvalue weighted by Crippen LogP contribution is 2.31. The normalized spacial score (nSPS) is 10.7. The van der Waals surface area contributed by atoms with Crippen LogP contribution in [0.4, 0.5) is 5.69 Å². The molecule has 1 N–H and O–H groups in total. The Morgan fingerprint density at radius 1 is 1.21 bits per heavy atom. The second-order valence-corrected chi connectivity index (χ2v) is 4.55. The van der Waals surface area contributed by atoms with Crippen LogP contribution in [0.15, 0.2) is 18.2 Å². The molecule has 1 aromatic carbocycles. The quantitative estimate of drug-likeness (QED) is 0.882. The van der Waals surface area contributed by atoms with Crippen LogP contribution in [-0.2, 0) is 6.42 Å². The van der Waals surface area contributed by atoms with Crippen LogP contribution in [-0.4, -0.2) is 18.1 Å². The van der Waals surface area contributed by atoms with Gasteiger partial charge in [-0.3, -0.25) is 4.98 Å². The summed E-state index contributed by atoms with van der Waals surface area (Å²) in [5.74, 6) is 0.904. The van der Waals surface area contributed by atoms with Crippen molar-refractivity contribution in [2.45, 2.75) is 34.1 Å². The van der Waals surface area contributed by atoms with E-state index in [2.05, 4.69) is 32.2 Å². The summed E-state index contributed by atoms with van der Waals surface area (Å²) in [7, 11) is 0. The van der Waals surface area contributed by atoms with E-state index >= 15 is 0 Å². The van der Waals surface area contributed by atoms with Gasteiger partial charge in [-0.05, 0) is 51.0 Å². The van der Waals surface area contributed by atoms with Crippen molar-refractivity contribution >= 4 is 16.6 Å². The van der Waals surface area contributed by atoms with Crippen molar-refractivity contribution in [3.05, 3.63) is 29.5 Å². The monoisotopic (exact) mass is 258 g/mol. The number of nitrogens with one attached hydrogen (secondary N) is 1. The van der Waals surface area contributed by atoms with Gasteiger partial charge in [0.05, 0.1) is 12.1 Å². The lowest BCUT2D eigenvalue weighted by Crippen LogP contribution is -2.05. The highest BCUT2D eigenvalue weighted by atomic mass is 16.5. The highest BCUT2D eigenvalue weighted by molar-refractivity contribution is 5.94. The van der Waals surface area contributed by atoms with Gasteiger partial charge in [-0.15, -0.1) is 0 Å². The molecule has 2 aromatic rings. The van der Waals surface area contributed by atoms with Crippen LogP contribution in [0, 0.1) is 6.92 Å². The summed E-state index contributed by atoms with van der Waals surface area (Å²) >= 11 is 0. The first-order valence-corrected chi connectivity index (χ1v) is 7.01. The number of ether oxygens (including phenoxy) is 1. The topological polar surface area (TPSA) is 34.2 Å². The molecule has 3 nitrogen and oxygen atoms in total. The molecule has 19 heavy (non-hydrogen) atoms. The number of anilines is 1. The molecule has 3 heteroatoms. The lowest BCUT2D eigenvalue weighted by Gasteiger charge is -2.16. The molecule has 1 aromatic heterocycles. The molecule has 0 fully saturated rings. The van der Waals surface area contributed by atoms with Crippen LogP contribution in [0.3, 0.4) is 0 Å². The number of hydrogen-bond donors (Lipinski definition) is 1. The molecule has 0 radical (unpaired) electrons. The minimum absolute atomic E-state index is 0.683. The Bertz CT molecular complexity index is 578. The number of rotatable bonds is 5. The predicted molar refractivity (Wildman–Crippen MR) is 81.2 cm³/mol. The minimum atomic E-state index is 0.683. The van der Waals surface area contributed by atoms with E-state index < -0.39 is 0 Å². The number of aromatic nitrogens is 1. The van der Waals surface area contributed by atoms with Gasteiger partial charge in [0.1, 0.15) is 5.75 Å². The summed E-state index contributed by atoms with van der Waals surface area (Å²) in [6.45, 7) is 9.96. The third-order valence-corrected chi connectivity index (χ3v) is 3.28. The fourth-order valence-corrected chi connectivity index (χ4v) is 2.47. The van der Waals surface area contributed by atoms with Crippen LogP contribution in [0.25, 0.3) is 10.9 Å². The first kappa shape index (κ1) is 13.7. The Morgan fingerprint density at radius 3 is 2.63 bits per heavy atom. The molecule has 0 aliphatic rings. The summed E-state index contributed by atoms with van der Waals surface area (Å²) < 4.78 is 5.60. The second kappa shape index (κ2) is 5.91. The summed E-state index contributed by atoms with van der Waals surface area (Å²) in [5, 5.41) is 4.63. The molecular formula is C16H22N2O. The maximum Gasteiger partial charge on any atom is 0.120 e. The van der Waals surface area contributed by atoms with Crippen molar-refractivity contribution in [3.63, 3.8) is 0 Å². The molecule has 2 rings (SSSR count). The van der Waals surface area contributed by atoms with Crippen molar-refractivity contribution in [1.29, 1.82) is 0 Å². The molecule has 0 amide bonds. The molecule has 0 saturated carbocycles. The van der Waals surface area contributed by atoms with Gasteiger partial charge in [0, 0.05) is 23.3 Å². The summed E-state index contributed by atoms with van der Waals surface area (Å²) in [5.41, 5.74) is 4.63. The van der Waals surface area contributed by atoms with Crippen LogP contribution >= 0.6 is 0 Å². The standard InChI is InChI=1S/C16H22N2O/c1-5-13-11(4)18-15-9-8-12(19-7-3)10-14(15)16(13)17-6-2/h8-10H,5-7H2,1-4H3,(H,17,18). The smallest absolute Gasteiger partial charge is 0.120 e. The maximum atomic E-state index is 5.60. The van der Waals surface area contributed by atoms with Gasteiger partial charge in [0.15, 0.2) is 0 Å². The van der Waals surface area contributed by atoms with Crippen molar-refractivity contribution in [2.75, 3.05) is 18.5 Å². The van der Waals surface area contributed by atoms with E-state index in [1.807, 2.05) is 19.1 Å². The molecule has 0 aliphatic carbocycles. The second-order valence-electron chi connectivity index (χ2n) is 4.55. The number of aryl methyl sites for hydroxylation is 1. The van der Waals surface area contributed by atoms with E-state index in [1.165, 1.54) is 11.3 Å². The SMILES string of the molecule is CCNc1c(CC)c(C)nc2ccc(OCC)cc12. The first-order chi connectivity index (χ1) is 9.21. The van der Waals surface area contributed by atoms with E-state index in [1.54, 1.807) is 0 Å². The number of benzene rings is 1. The Kier molecular flexibility index (Phi) is 4.25. The average Bonchev–Trinajstić information content (AvgIpc) is 2.40. The van der Waals surface area contributed by atoms with Crippen LogP contribution in [0.2, 0.25) is 0 Å². The van der Waals surface area contributed by atoms with Gasteiger partial charge in [-0.2, -0.15) is 0 Å². The summed E-state index contributed by atoms with van der Waals surface area (Å²) in [6, 6.07) is 6.11. The van der Waals surface area contributed by atoms with Crippen molar-refractivity contribution in [1.82, 2.24) is 4.98 Å². The van der Waals surface area contributed by atoms with Gasteiger partial charge >= 0.3 is 0 Å². The summed E-state index contributed by atoms with van der Waals surface area (Å²) in [4.78, 5) is 4.70. The van der Waals surface area contributed by atoms with Crippen molar-refractivity contribution in [2.24, 2.45) is 0 Å². The number of nitrogens with zero attached hydrogens (tertiary/aromatic N) is 1. The fraction of sp³-hybridized carbons (Fsp3) is 0.438. The largest absolute Gasteiger partial charge is 0.494 e. The Balaban J connectivity index is 2.68. The Labute approximate surface area is 115 Å². The number of pyridine rings is 1. The van der Waals surface area contributed by atoms with E-state index in [0.29, 0.717) is 6.61 Å². The van der Waals surface area contributed by atoms with Crippen LogP contribution in [0.5, 0.6) is 5.75 Å². The third kappa shape index (κ3) is 2.65. The Hall–Kier alpha value is -1.77. The molecule has 0 atom stereocenters. The van der Waals surface area contributed by atoms with E-state index in [-0.39, 0.29) is 0 Å². The minimum Gasteiger partial charge on any atom is -0.494 e. The Morgan fingerprint density at radius 2 is 2.00 bits per heavy atom. The summed E-state index contributed by atoms with van der Waals surface area (Å²) in [6.07, 6.45) is 0.982. The van der Waals surface area contributed by atoms with Crippen molar-refractivity contribution in [3.8, 4) is 5.75 Å². The highest BCUT2D eigenvalue weighted by Gasteiger charge is 2.11. The lowest BCUT2D eigenvalue weighted by atomic mass is 10.0. The number of hydrogen-bond acceptors (Lipinski definition) is 3. The lowest BCUT2D eigenvalue weighted by molar-refractivity contribution is 0.340. The van der Waals surface area contributed by atoms with E-state index in [9.17, 15) is 0 Å². The molecule has 0 bridgehead atoms. The average molecular weight is 258 g/mol. The van der Waals surface area contributed by atoms with E-state index in [0.717, 1.165) is 35.3 Å². The molecule has 0 unspecified atom stereocenters. The molecular weight excluding hydrogens is 236 g/mol. The van der Waals surface area contributed by atoms with Gasteiger partial charge in [0.2, 0.25) is 0 Å². The van der Waals surface area contributed by atoms with Gasteiger partial charge < -0.3 is 10.1 Å². The molecule has 0 saturated heterocycles. The molecule has 1 heterocycles. The molecule has 0 spiro atoms. The zero-order chi connectivity index (χ0) is 13.8. The van der Waals surface area contributed by atoms with Gasteiger partial charge in [-0.1, -0.05) is 6.92 Å². The van der Waals surface area contributed by atoms with Crippen LogP contribution in [0.1, 0.15) is 32.0 Å². The third-order valence-electron chi connectivity index (χ3n) is 3.28. The van der Waals surface area contributed by atoms with E-state index in [4.69, 9.17) is 9.72 Å². The van der Waals surface area contributed by atoms with Gasteiger partial charge in [0.25, 0.3) is 0 Å². The predicted octanol–water partition coefficient (Wildman–Crippen LogP) is 3.94. The maximum absolute atomic E-state index is 5.60. The first-order valence-electron chi connectivity index (χ1n) is 7.01. The van der Waals surface area contributed by atoms with Crippen LogP contribution < -0.4 is 10.1 Å². The molecule has 102 valence electrons. The zero-order valence-corrected chi connectivity index (χ0v) is 12.2. The molecule has 0 aliphatic heterocycles. The zero-order valence-electron chi connectivity index (χ0n) is 12.2. The fourth-order valence-electron chi connectivity index (χ4n) is 2.47. The van der Waals surface area contributed by atoms with Gasteiger partial charge in [-0.25, -0.2) is 0 Å². The number of fused-ring (bicyclic) bond motifs is 1.